The van der Waals surface area contributed by atoms with Crippen molar-refractivity contribution in [1.29, 1.82) is 0 Å². The fourth-order valence-electron chi connectivity index (χ4n) is 3.38. The molecule has 0 amide bonds. The number of hydrogen-bond acceptors (Lipinski definition) is 3. The van der Waals surface area contributed by atoms with E-state index in [1.807, 2.05) is 0 Å². The molecule has 3 heterocycles. The molecule has 1 N–H and O–H groups in total. The molecule has 0 bridgehead atoms. The molecule has 2 aliphatic heterocycles. The first kappa shape index (κ1) is 12.2. The molecule has 1 atom stereocenters. The molecule has 4 heteroatoms. The highest BCUT2D eigenvalue weighted by atomic mass is 127. The van der Waals surface area contributed by atoms with Gasteiger partial charge < -0.3 is 14.5 Å². The zero-order chi connectivity index (χ0) is 12.9. The Balaban J connectivity index is 1.92. The Hall–Kier alpha value is -0.590. The average molecular weight is 369 g/mol. The van der Waals surface area contributed by atoms with E-state index in [0.717, 1.165) is 50.4 Å². The summed E-state index contributed by atoms with van der Waals surface area (Å²) in [7, 11) is 0. The van der Waals surface area contributed by atoms with Crippen LogP contribution in [0, 0.1) is 3.57 Å². The normalized spacial score (nSPS) is 26.8. The first-order chi connectivity index (χ1) is 9.28. The molecule has 1 fully saturated rings. The van der Waals surface area contributed by atoms with Gasteiger partial charge in [0.2, 0.25) is 0 Å². The lowest BCUT2D eigenvalue weighted by Gasteiger charge is -2.39. The maximum absolute atomic E-state index is 6.22. The molecule has 1 spiro atoms. The van der Waals surface area contributed by atoms with Gasteiger partial charge in [0.25, 0.3) is 0 Å². The molecule has 3 nitrogen and oxygen atoms in total. The molecule has 4 rings (SSSR count). The molecule has 2 aromatic rings. The largest absolute Gasteiger partial charge is 0.459 e. The van der Waals surface area contributed by atoms with Gasteiger partial charge in [-0.3, -0.25) is 0 Å². The van der Waals surface area contributed by atoms with Crippen LogP contribution >= 0.6 is 22.6 Å². The van der Waals surface area contributed by atoms with Crippen molar-refractivity contribution in [1.82, 2.24) is 5.32 Å². The van der Waals surface area contributed by atoms with Crippen LogP contribution in [0.1, 0.15) is 24.2 Å². The van der Waals surface area contributed by atoms with E-state index in [-0.39, 0.29) is 5.54 Å². The van der Waals surface area contributed by atoms with Gasteiger partial charge in [-0.25, -0.2) is 0 Å². The van der Waals surface area contributed by atoms with E-state index in [4.69, 9.17) is 9.15 Å². The van der Waals surface area contributed by atoms with E-state index in [2.05, 4.69) is 46.1 Å². The minimum absolute atomic E-state index is 0.0870. The van der Waals surface area contributed by atoms with Crippen LogP contribution in [-0.4, -0.2) is 19.8 Å². The van der Waals surface area contributed by atoms with E-state index in [9.17, 15) is 0 Å². The van der Waals surface area contributed by atoms with Crippen molar-refractivity contribution in [3.05, 3.63) is 33.1 Å². The van der Waals surface area contributed by atoms with Crippen LogP contribution in [-0.2, 0) is 16.7 Å². The Bertz CT molecular complexity index is 628. The molecular formula is C15H16INO2. The van der Waals surface area contributed by atoms with Crippen molar-refractivity contribution < 1.29 is 9.15 Å². The van der Waals surface area contributed by atoms with Crippen LogP contribution in [0.15, 0.2) is 22.6 Å². The summed E-state index contributed by atoms with van der Waals surface area (Å²) in [5.41, 5.74) is 2.32. The Morgan fingerprint density at radius 2 is 2.26 bits per heavy atom. The van der Waals surface area contributed by atoms with E-state index in [1.165, 1.54) is 14.5 Å². The molecule has 1 aromatic carbocycles. The molecule has 100 valence electrons. The third-order valence-corrected chi connectivity index (χ3v) is 4.94. The van der Waals surface area contributed by atoms with Crippen molar-refractivity contribution in [2.75, 3.05) is 19.8 Å². The number of nitrogens with one attached hydrogen (secondary N) is 1. The van der Waals surface area contributed by atoms with Gasteiger partial charge >= 0.3 is 0 Å². The summed E-state index contributed by atoms with van der Waals surface area (Å²) in [6.45, 7) is 2.62. The molecule has 1 aromatic heterocycles. The molecule has 0 aliphatic carbocycles. The topological polar surface area (TPSA) is 34.4 Å². The second-order valence-electron chi connectivity index (χ2n) is 5.47. The maximum atomic E-state index is 6.22. The maximum Gasteiger partial charge on any atom is 0.135 e. The summed E-state index contributed by atoms with van der Waals surface area (Å²) >= 11 is 2.33. The van der Waals surface area contributed by atoms with Crippen LogP contribution < -0.4 is 5.32 Å². The molecular weight excluding hydrogens is 353 g/mol. The zero-order valence-electron chi connectivity index (χ0n) is 10.7. The smallest absolute Gasteiger partial charge is 0.135 e. The fraction of sp³-hybridized carbons (Fsp3) is 0.467. The zero-order valence-corrected chi connectivity index (χ0v) is 12.8. The minimum atomic E-state index is -0.0870. The average Bonchev–Trinajstić information content (AvgIpc) is 2.79. The summed E-state index contributed by atoms with van der Waals surface area (Å²) in [6.07, 6.45) is 3.25. The van der Waals surface area contributed by atoms with Crippen molar-refractivity contribution in [3.63, 3.8) is 0 Å². The molecule has 2 aliphatic rings. The Morgan fingerprint density at radius 3 is 3.11 bits per heavy atom. The third-order valence-electron chi connectivity index (χ3n) is 4.27. The molecule has 19 heavy (non-hydrogen) atoms. The van der Waals surface area contributed by atoms with E-state index in [0.29, 0.717) is 0 Å². The lowest BCUT2D eigenvalue weighted by molar-refractivity contribution is 0.00539. The van der Waals surface area contributed by atoms with Gasteiger partial charge in [0.1, 0.15) is 16.9 Å². The van der Waals surface area contributed by atoms with E-state index < -0.39 is 0 Å². The number of furan rings is 1. The number of halogens is 1. The SMILES string of the molecule is Ic1ccc2c3c(oc2c1)C1(CCCOC1)NCC3. The minimum Gasteiger partial charge on any atom is -0.459 e. The Labute approximate surface area is 125 Å². The summed E-state index contributed by atoms with van der Waals surface area (Å²) < 4.78 is 13.2. The summed E-state index contributed by atoms with van der Waals surface area (Å²) in [4.78, 5) is 0. The summed E-state index contributed by atoms with van der Waals surface area (Å²) in [5.74, 6) is 1.12. The first-order valence-corrected chi connectivity index (χ1v) is 7.91. The Kier molecular flexibility index (Phi) is 2.86. The lowest BCUT2D eigenvalue weighted by Crippen LogP contribution is -2.52. The lowest BCUT2D eigenvalue weighted by atomic mass is 9.83. The summed E-state index contributed by atoms with van der Waals surface area (Å²) in [5, 5.41) is 4.93. The predicted octanol–water partition coefficient (Wildman–Crippen LogP) is 3.19. The molecule has 1 unspecified atom stereocenters. The molecule has 0 saturated carbocycles. The van der Waals surface area contributed by atoms with Gasteiger partial charge in [-0.15, -0.1) is 0 Å². The van der Waals surface area contributed by atoms with Gasteiger partial charge in [-0.05, 0) is 60.1 Å². The van der Waals surface area contributed by atoms with Gasteiger partial charge in [0.15, 0.2) is 0 Å². The highest BCUT2D eigenvalue weighted by Crippen LogP contribution is 2.40. The fourth-order valence-corrected chi connectivity index (χ4v) is 3.84. The summed E-state index contributed by atoms with van der Waals surface area (Å²) in [6, 6.07) is 6.48. The van der Waals surface area contributed by atoms with Crippen LogP contribution in [0.5, 0.6) is 0 Å². The monoisotopic (exact) mass is 369 g/mol. The van der Waals surface area contributed by atoms with E-state index in [1.54, 1.807) is 0 Å². The number of benzene rings is 1. The van der Waals surface area contributed by atoms with Gasteiger partial charge in [0.05, 0.1) is 6.61 Å². The number of rotatable bonds is 0. The predicted molar refractivity (Wildman–Crippen MR) is 82.4 cm³/mol. The van der Waals surface area contributed by atoms with Crippen molar-refractivity contribution in [3.8, 4) is 0 Å². The van der Waals surface area contributed by atoms with Crippen LogP contribution in [0.2, 0.25) is 0 Å². The number of ether oxygens (including phenoxy) is 1. The standard InChI is InChI=1S/C15H16INO2/c16-10-2-3-11-12-4-6-17-15(5-1-7-18-9-15)14(12)19-13(11)8-10/h2-3,8,17H,1,4-7,9H2. The third kappa shape index (κ3) is 1.84. The van der Waals surface area contributed by atoms with Crippen molar-refractivity contribution in [2.45, 2.75) is 24.8 Å². The highest BCUT2D eigenvalue weighted by molar-refractivity contribution is 14.1. The quantitative estimate of drug-likeness (QED) is 0.725. The van der Waals surface area contributed by atoms with Gasteiger partial charge in [-0.1, -0.05) is 0 Å². The van der Waals surface area contributed by atoms with Crippen LogP contribution in [0.4, 0.5) is 0 Å². The number of fused-ring (bicyclic) bond motifs is 4. The van der Waals surface area contributed by atoms with Crippen LogP contribution in [0.3, 0.4) is 0 Å². The van der Waals surface area contributed by atoms with Gasteiger partial charge in [-0.2, -0.15) is 0 Å². The first-order valence-electron chi connectivity index (χ1n) is 6.83. The number of hydrogen-bond donors (Lipinski definition) is 1. The van der Waals surface area contributed by atoms with Gasteiger partial charge in [0, 0.05) is 27.7 Å². The highest BCUT2D eigenvalue weighted by Gasteiger charge is 2.42. The van der Waals surface area contributed by atoms with Crippen molar-refractivity contribution in [2.24, 2.45) is 0 Å². The van der Waals surface area contributed by atoms with Crippen molar-refractivity contribution >= 4 is 33.6 Å². The van der Waals surface area contributed by atoms with E-state index >= 15 is 0 Å². The molecule has 1 saturated heterocycles. The second-order valence-corrected chi connectivity index (χ2v) is 6.71. The second kappa shape index (κ2) is 4.46. The Morgan fingerprint density at radius 1 is 1.32 bits per heavy atom. The molecule has 0 radical (unpaired) electrons. The van der Waals surface area contributed by atoms with Crippen LogP contribution in [0.25, 0.3) is 11.0 Å².